The zero-order valence-electron chi connectivity index (χ0n) is 9.34. The Labute approximate surface area is 91.0 Å². The summed E-state index contributed by atoms with van der Waals surface area (Å²) in [7, 11) is 3.21. The second kappa shape index (κ2) is 9.34. The van der Waals surface area contributed by atoms with E-state index in [0.29, 0.717) is 0 Å². The molecule has 0 spiro atoms. The smallest absolute Gasteiger partial charge is 0.323 e. The van der Waals surface area contributed by atoms with Gasteiger partial charge in [0.05, 0.1) is 7.11 Å². The highest BCUT2D eigenvalue weighted by Crippen LogP contribution is 2.08. The van der Waals surface area contributed by atoms with Crippen molar-refractivity contribution in [1.29, 1.82) is 0 Å². The Morgan fingerprint density at radius 1 is 1.50 bits per heavy atom. The number of methoxy groups -OCH3 is 1. The van der Waals surface area contributed by atoms with E-state index in [1.54, 1.807) is 18.8 Å². The number of carbonyl (C=O) groups excluding carboxylic acids is 1. The summed E-state index contributed by atoms with van der Waals surface area (Å²) in [6, 6.07) is -0.161. The minimum Gasteiger partial charge on any atom is -0.468 e. The Bertz CT molecular complexity index is 153. The van der Waals surface area contributed by atoms with E-state index in [4.69, 9.17) is 0 Å². The molecule has 1 unspecified atom stereocenters. The molecule has 3 nitrogen and oxygen atoms in total. The number of unbranched alkanes of at least 4 members (excludes halogenated alkanes) is 2. The first kappa shape index (κ1) is 13.8. The van der Waals surface area contributed by atoms with E-state index in [-0.39, 0.29) is 12.0 Å². The van der Waals surface area contributed by atoms with Gasteiger partial charge in [0.2, 0.25) is 0 Å². The Kier molecular flexibility index (Phi) is 9.19. The van der Waals surface area contributed by atoms with Gasteiger partial charge in [-0.2, -0.15) is 11.8 Å². The van der Waals surface area contributed by atoms with E-state index in [1.807, 2.05) is 0 Å². The molecular weight excluding hydrogens is 198 g/mol. The summed E-state index contributed by atoms with van der Waals surface area (Å²) in [5.74, 6) is 1.76. The van der Waals surface area contributed by atoms with Gasteiger partial charge in [0, 0.05) is 5.75 Å². The third kappa shape index (κ3) is 6.27. The van der Waals surface area contributed by atoms with E-state index in [2.05, 4.69) is 17.0 Å². The molecule has 0 aromatic heterocycles. The van der Waals surface area contributed by atoms with Gasteiger partial charge in [-0.3, -0.25) is 4.79 Å². The molecule has 4 heteroatoms. The molecule has 0 radical (unpaired) electrons. The van der Waals surface area contributed by atoms with E-state index in [1.165, 1.54) is 26.4 Å². The summed E-state index contributed by atoms with van der Waals surface area (Å²) >= 11 is 1.81. The number of rotatable bonds is 8. The quantitative estimate of drug-likeness (QED) is 0.498. The summed E-state index contributed by atoms with van der Waals surface area (Å²) in [4.78, 5) is 11.2. The molecule has 0 aromatic carbocycles. The van der Waals surface area contributed by atoms with Crippen LogP contribution in [-0.4, -0.2) is 37.7 Å². The monoisotopic (exact) mass is 219 g/mol. The van der Waals surface area contributed by atoms with Crippen LogP contribution < -0.4 is 5.32 Å². The van der Waals surface area contributed by atoms with Gasteiger partial charge in [0.15, 0.2) is 0 Å². The second-order valence-corrected chi connectivity index (χ2v) is 4.30. The maximum Gasteiger partial charge on any atom is 0.323 e. The SMILES string of the molecule is CCCCCSCC(NC)C(=O)OC. The van der Waals surface area contributed by atoms with Crippen molar-refractivity contribution in [1.82, 2.24) is 5.32 Å². The van der Waals surface area contributed by atoms with Crippen LogP contribution in [0.2, 0.25) is 0 Å². The van der Waals surface area contributed by atoms with Crippen LogP contribution in [0.1, 0.15) is 26.2 Å². The number of carbonyl (C=O) groups is 1. The highest BCUT2D eigenvalue weighted by atomic mass is 32.2. The van der Waals surface area contributed by atoms with Crippen molar-refractivity contribution >= 4 is 17.7 Å². The zero-order valence-corrected chi connectivity index (χ0v) is 10.2. The van der Waals surface area contributed by atoms with Crippen molar-refractivity contribution in [3.8, 4) is 0 Å². The molecule has 0 aliphatic carbocycles. The molecule has 0 heterocycles. The molecule has 0 aliphatic heterocycles. The second-order valence-electron chi connectivity index (χ2n) is 3.15. The fraction of sp³-hybridized carbons (Fsp3) is 0.900. The van der Waals surface area contributed by atoms with E-state index in [0.717, 1.165) is 11.5 Å². The Hall–Kier alpha value is -0.220. The van der Waals surface area contributed by atoms with Gasteiger partial charge < -0.3 is 10.1 Å². The molecular formula is C10H21NO2S. The average molecular weight is 219 g/mol. The molecule has 0 saturated carbocycles. The molecule has 0 aromatic rings. The number of ether oxygens (including phenoxy) is 1. The number of thioether (sulfide) groups is 1. The summed E-state index contributed by atoms with van der Waals surface area (Å²) in [6.07, 6.45) is 3.75. The first-order valence-corrected chi connectivity index (χ1v) is 6.24. The van der Waals surface area contributed by atoms with Gasteiger partial charge in [0.25, 0.3) is 0 Å². The predicted molar refractivity (Wildman–Crippen MR) is 61.7 cm³/mol. The van der Waals surface area contributed by atoms with Crippen LogP contribution in [0.15, 0.2) is 0 Å². The van der Waals surface area contributed by atoms with Crippen molar-refractivity contribution in [3.05, 3.63) is 0 Å². The van der Waals surface area contributed by atoms with Crippen molar-refractivity contribution in [2.24, 2.45) is 0 Å². The van der Waals surface area contributed by atoms with E-state index in [9.17, 15) is 4.79 Å². The number of esters is 1. The molecule has 0 saturated heterocycles. The van der Waals surface area contributed by atoms with Crippen LogP contribution in [0.5, 0.6) is 0 Å². The minimum absolute atomic E-state index is 0.161. The summed E-state index contributed by atoms with van der Waals surface area (Å²) in [5.41, 5.74) is 0. The van der Waals surface area contributed by atoms with Gasteiger partial charge in [-0.05, 0) is 19.2 Å². The topological polar surface area (TPSA) is 38.3 Å². The fourth-order valence-corrected chi connectivity index (χ4v) is 2.18. The van der Waals surface area contributed by atoms with E-state index < -0.39 is 0 Å². The maximum absolute atomic E-state index is 11.2. The van der Waals surface area contributed by atoms with Crippen LogP contribution in [0.4, 0.5) is 0 Å². The predicted octanol–water partition coefficient (Wildman–Crippen LogP) is 1.67. The third-order valence-corrected chi connectivity index (χ3v) is 3.16. The highest BCUT2D eigenvalue weighted by molar-refractivity contribution is 7.99. The fourth-order valence-electron chi connectivity index (χ4n) is 1.07. The van der Waals surface area contributed by atoms with Crippen molar-refractivity contribution < 1.29 is 9.53 Å². The molecule has 0 rings (SSSR count). The summed E-state index contributed by atoms with van der Waals surface area (Å²) < 4.78 is 4.67. The van der Waals surface area contributed by atoms with Crippen molar-refractivity contribution in [2.45, 2.75) is 32.2 Å². The lowest BCUT2D eigenvalue weighted by Crippen LogP contribution is -2.37. The Morgan fingerprint density at radius 3 is 2.71 bits per heavy atom. The number of hydrogen-bond acceptors (Lipinski definition) is 4. The number of hydrogen-bond donors (Lipinski definition) is 1. The van der Waals surface area contributed by atoms with Gasteiger partial charge in [-0.15, -0.1) is 0 Å². The molecule has 14 heavy (non-hydrogen) atoms. The normalized spacial score (nSPS) is 12.5. The van der Waals surface area contributed by atoms with Crippen LogP contribution in [0.3, 0.4) is 0 Å². The molecule has 1 N–H and O–H groups in total. The molecule has 0 bridgehead atoms. The minimum atomic E-state index is -0.171. The van der Waals surface area contributed by atoms with Crippen LogP contribution >= 0.6 is 11.8 Å². The Morgan fingerprint density at radius 2 is 2.21 bits per heavy atom. The third-order valence-electron chi connectivity index (χ3n) is 2.01. The van der Waals surface area contributed by atoms with Gasteiger partial charge in [-0.25, -0.2) is 0 Å². The van der Waals surface area contributed by atoms with Crippen LogP contribution in [-0.2, 0) is 9.53 Å². The van der Waals surface area contributed by atoms with Gasteiger partial charge in [-0.1, -0.05) is 19.8 Å². The molecule has 0 aliphatic rings. The van der Waals surface area contributed by atoms with Crippen molar-refractivity contribution in [3.63, 3.8) is 0 Å². The summed E-state index contributed by atoms with van der Waals surface area (Å²) in [5, 5.41) is 2.95. The first-order chi connectivity index (χ1) is 6.76. The van der Waals surface area contributed by atoms with Gasteiger partial charge in [0.1, 0.15) is 6.04 Å². The Balaban J connectivity index is 3.48. The highest BCUT2D eigenvalue weighted by Gasteiger charge is 2.15. The van der Waals surface area contributed by atoms with Crippen LogP contribution in [0, 0.1) is 0 Å². The molecule has 0 amide bonds. The zero-order chi connectivity index (χ0) is 10.8. The lowest BCUT2D eigenvalue weighted by atomic mass is 10.3. The van der Waals surface area contributed by atoms with Crippen LogP contribution in [0.25, 0.3) is 0 Å². The molecule has 0 fully saturated rings. The first-order valence-electron chi connectivity index (χ1n) is 5.09. The average Bonchev–Trinajstić information content (AvgIpc) is 2.22. The van der Waals surface area contributed by atoms with E-state index >= 15 is 0 Å². The maximum atomic E-state index is 11.2. The number of nitrogens with one attached hydrogen (secondary N) is 1. The lowest BCUT2D eigenvalue weighted by Gasteiger charge is -2.12. The lowest BCUT2D eigenvalue weighted by molar-refractivity contribution is -0.142. The number of likely N-dealkylation sites (N-methyl/N-ethyl adjacent to an activating group) is 1. The molecule has 84 valence electrons. The summed E-state index contributed by atoms with van der Waals surface area (Å²) in [6.45, 7) is 2.19. The largest absolute Gasteiger partial charge is 0.468 e. The standard InChI is InChI=1S/C10H21NO2S/c1-4-5-6-7-14-8-9(11-2)10(12)13-3/h9,11H,4-8H2,1-3H3. The van der Waals surface area contributed by atoms with Gasteiger partial charge >= 0.3 is 5.97 Å². The molecule has 1 atom stereocenters. The van der Waals surface area contributed by atoms with Crippen molar-refractivity contribution in [2.75, 3.05) is 25.7 Å².